The molecule has 2 aromatic rings. The van der Waals surface area contributed by atoms with Crippen LogP contribution in [-0.4, -0.2) is 25.8 Å². The summed E-state index contributed by atoms with van der Waals surface area (Å²) in [5.74, 6) is 0.958. The highest BCUT2D eigenvalue weighted by Gasteiger charge is 2.26. The lowest BCUT2D eigenvalue weighted by Crippen LogP contribution is -2.21. The second-order valence-electron chi connectivity index (χ2n) is 9.53. The lowest BCUT2D eigenvalue weighted by atomic mass is 9.85. The molecular weight excluding hydrogens is 418 g/mol. The minimum atomic E-state index is -0.430. The molecule has 1 amide bonds. The molecule has 178 valence electrons. The molecule has 0 saturated heterocycles. The molecule has 0 aromatic heterocycles. The smallest absolute Gasteiger partial charge is 0.337 e. The predicted molar refractivity (Wildman–Crippen MR) is 129 cm³/mol. The zero-order valence-electron chi connectivity index (χ0n) is 20.3. The van der Waals surface area contributed by atoms with Gasteiger partial charge in [-0.05, 0) is 41.5 Å². The molecule has 2 aromatic carbocycles. The molecule has 0 bridgehead atoms. The van der Waals surface area contributed by atoms with E-state index in [0.29, 0.717) is 17.7 Å². The van der Waals surface area contributed by atoms with Crippen molar-refractivity contribution in [1.29, 1.82) is 0 Å². The van der Waals surface area contributed by atoms with Gasteiger partial charge in [0.1, 0.15) is 0 Å². The Morgan fingerprint density at radius 1 is 1.12 bits per heavy atom. The Kier molecular flexibility index (Phi) is 8.01. The molecule has 1 aliphatic rings. The number of benzene rings is 2. The summed E-state index contributed by atoms with van der Waals surface area (Å²) < 4.78 is 16.1. The van der Waals surface area contributed by atoms with E-state index in [0.717, 1.165) is 48.3 Å². The Balaban J connectivity index is 1.86. The Hall–Kier alpha value is -3.02. The van der Waals surface area contributed by atoms with E-state index in [-0.39, 0.29) is 24.0 Å². The largest absolute Gasteiger partial charge is 0.465 e. The monoisotopic (exact) mass is 453 g/mol. The molecule has 0 saturated carbocycles. The third-order valence-corrected chi connectivity index (χ3v) is 5.98. The van der Waals surface area contributed by atoms with Gasteiger partial charge in [-0.1, -0.05) is 65.2 Å². The van der Waals surface area contributed by atoms with Crippen LogP contribution in [0.4, 0.5) is 5.69 Å². The molecule has 6 heteroatoms. The minimum absolute atomic E-state index is 0.00933. The summed E-state index contributed by atoms with van der Waals surface area (Å²) in [4.78, 5) is 25.3. The zero-order valence-corrected chi connectivity index (χ0v) is 20.3. The van der Waals surface area contributed by atoms with Gasteiger partial charge in [0.2, 0.25) is 12.7 Å². The van der Waals surface area contributed by atoms with Crippen molar-refractivity contribution < 1.29 is 23.8 Å². The van der Waals surface area contributed by atoms with Gasteiger partial charge < -0.3 is 19.5 Å². The number of unbranched alkanes of at least 4 members (excludes halogenated alkanes) is 2. The van der Waals surface area contributed by atoms with Crippen LogP contribution in [0, 0.1) is 0 Å². The summed E-state index contributed by atoms with van der Waals surface area (Å²) in [6.45, 7) is 8.60. The number of hydrogen-bond acceptors (Lipinski definition) is 5. The number of carbonyl (C=O) groups is 2. The predicted octanol–water partition coefficient (Wildman–Crippen LogP) is 6.19. The van der Waals surface area contributed by atoms with Crippen LogP contribution >= 0.6 is 0 Å². The molecule has 6 nitrogen and oxygen atoms in total. The molecule has 0 fully saturated rings. The van der Waals surface area contributed by atoms with Gasteiger partial charge in [-0.2, -0.15) is 0 Å². The van der Waals surface area contributed by atoms with Crippen LogP contribution in [0.15, 0.2) is 36.4 Å². The average Bonchev–Trinajstić information content (AvgIpc) is 3.26. The van der Waals surface area contributed by atoms with Gasteiger partial charge in [0, 0.05) is 17.7 Å². The number of carbonyl (C=O) groups excluding carboxylic acids is 2. The van der Waals surface area contributed by atoms with Crippen molar-refractivity contribution in [1.82, 2.24) is 0 Å². The second kappa shape index (κ2) is 10.7. The number of hydrogen-bond donors (Lipinski definition) is 1. The van der Waals surface area contributed by atoms with Crippen LogP contribution in [0.2, 0.25) is 0 Å². The molecule has 3 rings (SSSR count). The summed E-state index contributed by atoms with van der Waals surface area (Å²) in [6.07, 6.45) is 4.45. The number of methoxy groups -OCH3 is 1. The SMILES string of the molecule is CCCCCC(CC(=O)Nc1cc(C(=O)OC)ccc1C(C)(C)C)c1cccc2c1OCO2. The normalized spacial score (nSPS) is 13.5. The Morgan fingerprint density at radius 3 is 2.61 bits per heavy atom. The highest BCUT2D eigenvalue weighted by Crippen LogP contribution is 2.42. The third-order valence-electron chi connectivity index (χ3n) is 5.98. The van der Waals surface area contributed by atoms with Gasteiger partial charge in [0.15, 0.2) is 11.5 Å². The van der Waals surface area contributed by atoms with Gasteiger partial charge in [-0.15, -0.1) is 0 Å². The molecule has 0 spiro atoms. The number of amides is 1. The van der Waals surface area contributed by atoms with Crippen LogP contribution in [0.25, 0.3) is 0 Å². The first-order valence-corrected chi connectivity index (χ1v) is 11.7. The van der Waals surface area contributed by atoms with Crippen molar-refractivity contribution in [3.63, 3.8) is 0 Å². The number of fused-ring (bicyclic) bond motifs is 1. The third kappa shape index (κ3) is 6.06. The first kappa shape index (κ1) is 24.6. The fourth-order valence-electron chi connectivity index (χ4n) is 4.25. The lowest BCUT2D eigenvalue weighted by molar-refractivity contribution is -0.116. The Morgan fingerprint density at radius 2 is 1.91 bits per heavy atom. The van der Waals surface area contributed by atoms with Crippen LogP contribution < -0.4 is 14.8 Å². The van der Waals surface area contributed by atoms with Crippen molar-refractivity contribution in [2.45, 2.75) is 71.1 Å². The van der Waals surface area contributed by atoms with E-state index in [1.807, 2.05) is 24.3 Å². The van der Waals surface area contributed by atoms with Gasteiger partial charge in [-0.25, -0.2) is 4.79 Å². The molecule has 1 aliphatic heterocycles. The van der Waals surface area contributed by atoms with Crippen molar-refractivity contribution >= 4 is 17.6 Å². The standard InChI is InChI=1S/C27H35NO5/c1-6-7-8-10-18(20-11-9-12-23-25(20)33-17-32-23)16-24(29)28-22-15-19(26(30)31-5)13-14-21(22)27(2,3)4/h9,11-15,18H,6-8,10,16-17H2,1-5H3,(H,28,29). The number of rotatable bonds is 9. The number of ether oxygens (including phenoxy) is 3. The van der Waals surface area contributed by atoms with Crippen molar-refractivity contribution in [3.8, 4) is 11.5 Å². The maximum absolute atomic E-state index is 13.3. The van der Waals surface area contributed by atoms with E-state index >= 15 is 0 Å². The molecular formula is C27H35NO5. The molecule has 0 aliphatic carbocycles. The summed E-state index contributed by atoms with van der Waals surface area (Å²) in [5.41, 5.74) is 2.81. The van der Waals surface area contributed by atoms with Crippen molar-refractivity contribution in [3.05, 3.63) is 53.1 Å². The fourth-order valence-corrected chi connectivity index (χ4v) is 4.25. The molecule has 33 heavy (non-hydrogen) atoms. The van der Waals surface area contributed by atoms with E-state index in [1.165, 1.54) is 7.11 Å². The maximum Gasteiger partial charge on any atom is 0.337 e. The first-order chi connectivity index (χ1) is 15.7. The van der Waals surface area contributed by atoms with E-state index in [2.05, 4.69) is 33.0 Å². The van der Waals surface area contributed by atoms with Crippen LogP contribution in [-0.2, 0) is 14.9 Å². The van der Waals surface area contributed by atoms with E-state index in [1.54, 1.807) is 12.1 Å². The van der Waals surface area contributed by atoms with Gasteiger partial charge in [0.05, 0.1) is 12.7 Å². The highest BCUT2D eigenvalue weighted by molar-refractivity contribution is 5.96. The summed E-state index contributed by atoms with van der Waals surface area (Å²) in [6, 6.07) is 11.2. The molecule has 0 radical (unpaired) electrons. The average molecular weight is 454 g/mol. The Bertz CT molecular complexity index is 992. The maximum atomic E-state index is 13.3. The number of nitrogens with one attached hydrogen (secondary N) is 1. The van der Waals surface area contributed by atoms with E-state index < -0.39 is 5.97 Å². The van der Waals surface area contributed by atoms with Gasteiger partial charge in [-0.3, -0.25) is 4.79 Å². The topological polar surface area (TPSA) is 73.9 Å². The van der Waals surface area contributed by atoms with Crippen molar-refractivity contribution in [2.24, 2.45) is 0 Å². The highest BCUT2D eigenvalue weighted by atomic mass is 16.7. The second-order valence-corrected chi connectivity index (χ2v) is 9.53. The molecule has 1 unspecified atom stereocenters. The summed E-state index contributed by atoms with van der Waals surface area (Å²) >= 11 is 0. The van der Waals surface area contributed by atoms with Crippen molar-refractivity contribution in [2.75, 3.05) is 19.2 Å². The first-order valence-electron chi connectivity index (χ1n) is 11.7. The van der Waals surface area contributed by atoms with Crippen LogP contribution in [0.3, 0.4) is 0 Å². The molecule has 1 N–H and O–H groups in total. The van der Waals surface area contributed by atoms with E-state index in [4.69, 9.17) is 14.2 Å². The zero-order chi connectivity index (χ0) is 24.0. The van der Waals surface area contributed by atoms with Gasteiger partial charge in [0.25, 0.3) is 0 Å². The molecule has 1 atom stereocenters. The fraction of sp³-hybridized carbons (Fsp3) is 0.481. The minimum Gasteiger partial charge on any atom is -0.465 e. The summed E-state index contributed by atoms with van der Waals surface area (Å²) in [7, 11) is 1.35. The molecule has 1 heterocycles. The van der Waals surface area contributed by atoms with Crippen LogP contribution in [0.5, 0.6) is 11.5 Å². The quantitative estimate of drug-likeness (QED) is 0.362. The van der Waals surface area contributed by atoms with E-state index in [9.17, 15) is 9.59 Å². The van der Waals surface area contributed by atoms with Crippen LogP contribution in [0.1, 0.15) is 87.2 Å². The van der Waals surface area contributed by atoms with Gasteiger partial charge >= 0.3 is 5.97 Å². The summed E-state index contributed by atoms with van der Waals surface area (Å²) in [5, 5.41) is 3.08. The lowest BCUT2D eigenvalue weighted by Gasteiger charge is -2.24. The number of para-hydroxylation sites is 1. The Labute approximate surface area is 196 Å². The number of esters is 1. The number of anilines is 1.